The highest BCUT2D eigenvalue weighted by Gasteiger charge is 2.32. The van der Waals surface area contributed by atoms with E-state index in [1.165, 1.54) is 0 Å². The molecule has 0 fully saturated rings. The van der Waals surface area contributed by atoms with Crippen LogP contribution in [0.3, 0.4) is 0 Å². The Morgan fingerprint density at radius 1 is 1.14 bits per heavy atom. The molecule has 0 saturated heterocycles. The van der Waals surface area contributed by atoms with Crippen molar-refractivity contribution in [2.45, 2.75) is 19.5 Å². The maximum Gasteiger partial charge on any atom is 0.257 e. The van der Waals surface area contributed by atoms with E-state index in [1.54, 1.807) is 0 Å². The van der Waals surface area contributed by atoms with Crippen molar-refractivity contribution in [3.63, 3.8) is 0 Å². The molecule has 3 rings (SSSR count). The third-order valence-corrected chi connectivity index (χ3v) is 4.03. The Bertz CT molecular complexity index is 671. The summed E-state index contributed by atoms with van der Waals surface area (Å²) >= 11 is 6.32. The summed E-state index contributed by atoms with van der Waals surface area (Å²) in [5, 5.41) is 4.11. The third-order valence-electron chi connectivity index (χ3n) is 3.69. The number of hydrogen-bond acceptors (Lipinski definition) is 2. The van der Waals surface area contributed by atoms with Gasteiger partial charge in [0.05, 0.1) is 5.56 Å². The van der Waals surface area contributed by atoms with Crippen LogP contribution in [-0.4, -0.2) is 17.4 Å². The van der Waals surface area contributed by atoms with E-state index in [0.29, 0.717) is 17.1 Å². The van der Waals surface area contributed by atoms with Gasteiger partial charge < -0.3 is 10.2 Å². The van der Waals surface area contributed by atoms with Crippen LogP contribution in [-0.2, 0) is 0 Å². The van der Waals surface area contributed by atoms with Gasteiger partial charge in [0.2, 0.25) is 0 Å². The average Bonchev–Trinajstić information content (AvgIpc) is 2.51. The van der Waals surface area contributed by atoms with Gasteiger partial charge in [-0.25, -0.2) is 0 Å². The fourth-order valence-electron chi connectivity index (χ4n) is 2.71. The van der Waals surface area contributed by atoms with Gasteiger partial charge in [0.25, 0.3) is 5.91 Å². The zero-order chi connectivity index (χ0) is 14.8. The Labute approximate surface area is 129 Å². The minimum Gasteiger partial charge on any atom is -0.361 e. The van der Waals surface area contributed by atoms with Crippen molar-refractivity contribution in [3.05, 3.63) is 64.7 Å². The van der Waals surface area contributed by atoms with Gasteiger partial charge in [-0.05, 0) is 24.6 Å². The molecule has 2 aromatic carbocycles. The van der Waals surface area contributed by atoms with E-state index in [-0.39, 0.29) is 12.1 Å². The summed E-state index contributed by atoms with van der Waals surface area (Å²) in [6.45, 7) is 2.76. The number of rotatable bonds is 3. The predicted octanol–water partition coefficient (Wildman–Crippen LogP) is 4.32. The molecule has 0 aromatic heterocycles. The van der Waals surface area contributed by atoms with Crippen LogP contribution in [0, 0.1) is 0 Å². The van der Waals surface area contributed by atoms with Crippen LogP contribution in [0.25, 0.3) is 0 Å². The molecule has 2 aromatic rings. The Morgan fingerprint density at radius 2 is 1.86 bits per heavy atom. The second-order valence-electron chi connectivity index (χ2n) is 5.11. The molecule has 21 heavy (non-hydrogen) atoms. The Kier molecular flexibility index (Phi) is 3.84. The first-order valence-electron chi connectivity index (χ1n) is 7.13. The summed E-state index contributed by atoms with van der Waals surface area (Å²) < 4.78 is 0. The number of para-hydroxylation sites is 1. The summed E-state index contributed by atoms with van der Waals surface area (Å²) in [5.74, 6) is 0.0520. The fraction of sp³-hybridized carbons (Fsp3) is 0.235. The lowest BCUT2D eigenvalue weighted by atomic mass is 10.0. The number of nitrogens with one attached hydrogen (secondary N) is 1. The molecule has 1 aliphatic heterocycles. The van der Waals surface area contributed by atoms with Gasteiger partial charge >= 0.3 is 0 Å². The monoisotopic (exact) mass is 300 g/mol. The molecule has 1 amide bonds. The first-order valence-corrected chi connectivity index (χ1v) is 7.51. The lowest BCUT2D eigenvalue weighted by Gasteiger charge is -2.38. The van der Waals surface area contributed by atoms with Crippen LogP contribution in [0.5, 0.6) is 0 Å². The maximum absolute atomic E-state index is 12.7. The second-order valence-corrected chi connectivity index (χ2v) is 5.52. The summed E-state index contributed by atoms with van der Waals surface area (Å²) in [4.78, 5) is 14.6. The minimum atomic E-state index is -0.221. The third kappa shape index (κ3) is 2.49. The predicted molar refractivity (Wildman–Crippen MR) is 85.6 cm³/mol. The van der Waals surface area contributed by atoms with Crippen molar-refractivity contribution in [2.75, 3.05) is 11.9 Å². The molecule has 1 heterocycles. The highest BCUT2D eigenvalue weighted by atomic mass is 35.5. The summed E-state index contributed by atoms with van der Waals surface area (Å²) in [6.07, 6.45) is 0.678. The number of nitrogens with zero attached hydrogens (tertiary/aromatic N) is 1. The molecule has 1 aliphatic rings. The summed E-state index contributed by atoms with van der Waals surface area (Å²) in [7, 11) is 0. The highest BCUT2D eigenvalue weighted by molar-refractivity contribution is 6.31. The van der Waals surface area contributed by atoms with Gasteiger partial charge in [0.15, 0.2) is 0 Å². The van der Waals surface area contributed by atoms with Gasteiger partial charge in [0.1, 0.15) is 6.17 Å². The number of anilines is 1. The zero-order valence-corrected chi connectivity index (χ0v) is 12.6. The number of carbonyl (C=O) groups excluding carboxylic acids is 1. The molecule has 1 N–H and O–H groups in total. The topological polar surface area (TPSA) is 32.3 Å². The molecule has 4 heteroatoms. The number of amides is 1. The van der Waals surface area contributed by atoms with E-state index < -0.39 is 0 Å². The number of carbonyl (C=O) groups is 1. The van der Waals surface area contributed by atoms with Crippen molar-refractivity contribution in [3.8, 4) is 0 Å². The normalized spacial score (nSPS) is 17.3. The van der Waals surface area contributed by atoms with E-state index >= 15 is 0 Å². The van der Waals surface area contributed by atoms with E-state index in [4.69, 9.17) is 11.6 Å². The van der Waals surface area contributed by atoms with E-state index in [0.717, 1.165) is 17.7 Å². The van der Waals surface area contributed by atoms with E-state index in [1.807, 2.05) is 53.4 Å². The van der Waals surface area contributed by atoms with Gasteiger partial charge in [-0.15, -0.1) is 0 Å². The SMILES string of the molecule is CCCN1C(=O)c2ccccc2NC1c1ccccc1Cl. The first kappa shape index (κ1) is 14.0. The molecule has 0 bridgehead atoms. The van der Waals surface area contributed by atoms with E-state index in [9.17, 15) is 4.79 Å². The fourth-order valence-corrected chi connectivity index (χ4v) is 2.95. The largest absolute Gasteiger partial charge is 0.361 e. The summed E-state index contributed by atoms with van der Waals surface area (Å²) in [6, 6.07) is 15.3. The van der Waals surface area contributed by atoms with Crippen molar-refractivity contribution >= 4 is 23.2 Å². The van der Waals surface area contributed by atoms with Crippen LogP contribution in [0.2, 0.25) is 5.02 Å². The molecule has 1 unspecified atom stereocenters. The van der Waals surface area contributed by atoms with Crippen molar-refractivity contribution < 1.29 is 4.79 Å². The lowest BCUT2D eigenvalue weighted by molar-refractivity contribution is 0.0683. The Morgan fingerprint density at radius 3 is 2.62 bits per heavy atom. The second kappa shape index (κ2) is 5.78. The Hall–Kier alpha value is -2.00. The number of hydrogen-bond donors (Lipinski definition) is 1. The molecule has 1 atom stereocenters. The van der Waals surface area contributed by atoms with Crippen LogP contribution in [0.1, 0.15) is 35.4 Å². The van der Waals surface area contributed by atoms with Crippen LogP contribution in [0.15, 0.2) is 48.5 Å². The first-order chi connectivity index (χ1) is 10.2. The van der Waals surface area contributed by atoms with Crippen molar-refractivity contribution in [1.29, 1.82) is 0 Å². The van der Waals surface area contributed by atoms with Crippen LogP contribution >= 0.6 is 11.6 Å². The Balaban J connectivity index is 2.07. The molecule has 0 spiro atoms. The molecular weight excluding hydrogens is 284 g/mol. The van der Waals surface area contributed by atoms with Crippen LogP contribution < -0.4 is 5.32 Å². The van der Waals surface area contributed by atoms with Crippen LogP contribution in [0.4, 0.5) is 5.69 Å². The quantitative estimate of drug-likeness (QED) is 0.915. The van der Waals surface area contributed by atoms with Gasteiger partial charge in [0, 0.05) is 22.8 Å². The maximum atomic E-state index is 12.7. The summed E-state index contributed by atoms with van der Waals surface area (Å²) in [5.41, 5.74) is 2.50. The van der Waals surface area contributed by atoms with Gasteiger partial charge in [-0.2, -0.15) is 0 Å². The standard InChI is InChI=1S/C17H17ClN2O/c1-2-11-20-16(12-7-3-5-9-14(12)18)19-15-10-6-4-8-13(15)17(20)21/h3-10,16,19H,2,11H2,1H3. The van der Waals surface area contributed by atoms with Gasteiger partial charge in [-0.3, -0.25) is 4.79 Å². The molecule has 0 saturated carbocycles. The highest BCUT2D eigenvalue weighted by Crippen LogP contribution is 2.35. The number of benzene rings is 2. The van der Waals surface area contributed by atoms with Gasteiger partial charge in [-0.1, -0.05) is 48.9 Å². The molecule has 0 radical (unpaired) electrons. The van der Waals surface area contributed by atoms with Crippen molar-refractivity contribution in [2.24, 2.45) is 0 Å². The molecule has 3 nitrogen and oxygen atoms in total. The smallest absolute Gasteiger partial charge is 0.257 e. The lowest BCUT2D eigenvalue weighted by Crippen LogP contribution is -2.43. The minimum absolute atomic E-state index is 0.0520. The number of fused-ring (bicyclic) bond motifs is 1. The molecule has 108 valence electrons. The average molecular weight is 301 g/mol. The number of halogens is 1. The van der Waals surface area contributed by atoms with Crippen molar-refractivity contribution in [1.82, 2.24) is 4.90 Å². The molecular formula is C17H17ClN2O. The zero-order valence-electron chi connectivity index (χ0n) is 11.8. The van der Waals surface area contributed by atoms with E-state index in [2.05, 4.69) is 12.2 Å². The molecule has 0 aliphatic carbocycles.